The van der Waals surface area contributed by atoms with Crippen LogP contribution in [0.1, 0.15) is 37.8 Å². The number of fused-ring (bicyclic) bond motifs is 1. The number of carbonyl (C=O) groups is 1. The number of nitrogens with one attached hydrogen (secondary N) is 2. The van der Waals surface area contributed by atoms with Crippen molar-refractivity contribution in [3.63, 3.8) is 0 Å². The second-order valence-electron chi connectivity index (χ2n) is 6.36. The van der Waals surface area contributed by atoms with Crippen molar-refractivity contribution >= 4 is 29.8 Å². The Morgan fingerprint density at radius 1 is 1.35 bits per heavy atom. The number of hydrogen-bond donors (Lipinski definition) is 4. The molecule has 7 nitrogen and oxygen atoms in total. The van der Waals surface area contributed by atoms with Gasteiger partial charge < -0.3 is 25.9 Å². The van der Waals surface area contributed by atoms with Crippen LogP contribution in [0.15, 0.2) is 35.5 Å². The first-order chi connectivity index (χ1) is 12.3. The number of H-pyrrole nitrogens is 1. The predicted octanol–water partition coefficient (Wildman–Crippen LogP) is 3.21. The number of esters is 1. The highest BCUT2D eigenvalue weighted by Gasteiger charge is 2.36. The third-order valence-corrected chi connectivity index (χ3v) is 4.27. The zero-order valence-corrected chi connectivity index (χ0v) is 15.5. The zero-order chi connectivity index (χ0) is 19.0. The number of carbonyl (C=O) groups excluding carboxylic acids is 1. The van der Waals surface area contributed by atoms with Crippen LogP contribution in [0.2, 0.25) is 0 Å². The van der Waals surface area contributed by atoms with E-state index < -0.39 is 11.9 Å². The summed E-state index contributed by atoms with van der Waals surface area (Å²) in [7, 11) is 0. The fraction of sp³-hybridized carbons (Fsp3) is 0.278. The molecular formula is C18H20N4O3S. The molecule has 1 aromatic heterocycles. The Bertz CT molecular complexity index is 948. The van der Waals surface area contributed by atoms with Crippen molar-refractivity contribution in [2.75, 3.05) is 11.1 Å². The number of phenolic OH excluding ortho intramolecular Hbond substituents is 1. The van der Waals surface area contributed by atoms with Crippen LogP contribution in [0.3, 0.4) is 0 Å². The van der Waals surface area contributed by atoms with Crippen molar-refractivity contribution in [3.05, 3.63) is 51.4 Å². The van der Waals surface area contributed by atoms with E-state index in [1.165, 1.54) is 0 Å². The van der Waals surface area contributed by atoms with Crippen molar-refractivity contribution in [1.82, 2.24) is 9.97 Å². The lowest BCUT2D eigenvalue weighted by Crippen LogP contribution is -2.27. The molecule has 1 aliphatic rings. The highest BCUT2D eigenvalue weighted by molar-refractivity contribution is 7.71. The van der Waals surface area contributed by atoms with Crippen LogP contribution in [0.4, 0.5) is 11.6 Å². The molecule has 1 aromatic carbocycles. The number of allylic oxidation sites excluding steroid dienone is 1. The largest absolute Gasteiger partial charge is 0.508 e. The monoisotopic (exact) mass is 372 g/mol. The van der Waals surface area contributed by atoms with Crippen LogP contribution in [-0.2, 0) is 9.53 Å². The lowest BCUT2D eigenvalue weighted by atomic mass is 9.82. The maximum absolute atomic E-state index is 12.8. The van der Waals surface area contributed by atoms with E-state index in [-0.39, 0.29) is 16.6 Å². The summed E-state index contributed by atoms with van der Waals surface area (Å²) in [5.41, 5.74) is 8.64. The molecule has 1 unspecified atom stereocenters. The molecule has 0 amide bonds. The summed E-state index contributed by atoms with van der Waals surface area (Å²) in [6.45, 7) is 5.37. The van der Waals surface area contributed by atoms with E-state index in [0.29, 0.717) is 28.5 Å². The lowest BCUT2D eigenvalue weighted by molar-refractivity contribution is -0.142. The third-order valence-electron chi connectivity index (χ3n) is 4.08. The van der Waals surface area contributed by atoms with Crippen molar-refractivity contribution in [2.24, 2.45) is 0 Å². The maximum atomic E-state index is 12.8. The Kier molecular flexibility index (Phi) is 4.69. The van der Waals surface area contributed by atoms with E-state index in [0.717, 1.165) is 5.56 Å². The average Bonchev–Trinajstić information content (AvgIpc) is 2.53. The van der Waals surface area contributed by atoms with Crippen LogP contribution in [0, 0.1) is 4.77 Å². The molecule has 2 heterocycles. The van der Waals surface area contributed by atoms with Gasteiger partial charge in [0.25, 0.3) is 0 Å². The number of hydrogen-bond acceptors (Lipinski definition) is 7. The van der Waals surface area contributed by atoms with Gasteiger partial charge in [-0.15, -0.1) is 0 Å². The topological polar surface area (TPSA) is 113 Å². The fourth-order valence-electron chi connectivity index (χ4n) is 3.04. The first-order valence-corrected chi connectivity index (χ1v) is 8.56. The number of nitrogens with two attached hydrogens (primary N) is 1. The Labute approximate surface area is 155 Å². The minimum absolute atomic E-state index is 0.133. The van der Waals surface area contributed by atoms with Crippen LogP contribution in [0.5, 0.6) is 5.75 Å². The number of aromatic nitrogens is 2. The second kappa shape index (κ2) is 6.80. The van der Waals surface area contributed by atoms with Gasteiger partial charge in [-0.3, -0.25) is 0 Å². The van der Waals surface area contributed by atoms with Crippen LogP contribution >= 0.6 is 12.2 Å². The molecule has 1 aliphatic heterocycles. The normalized spacial score (nSPS) is 16.2. The highest BCUT2D eigenvalue weighted by atomic mass is 32.1. The Hall–Kier alpha value is -2.87. The van der Waals surface area contributed by atoms with Gasteiger partial charge in [-0.2, -0.15) is 0 Å². The molecular weight excluding hydrogens is 352 g/mol. The maximum Gasteiger partial charge on any atom is 0.337 e. The van der Waals surface area contributed by atoms with Gasteiger partial charge in [-0.1, -0.05) is 12.1 Å². The predicted molar refractivity (Wildman–Crippen MR) is 101 cm³/mol. The fourth-order valence-corrected chi connectivity index (χ4v) is 3.24. The van der Waals surface area contributed by atoms with E-state index in [1.807, 2.05) is 0 Å². The SMILES string of the molecule is CC1=C(C(=O)OC(C)C)C(c2ccc(O)cc2)c2c(nc(=S)[nH]c2N)N1. The lowest BCUT2D eigenvalue weighted by Gasteiger charge is -2.30. The summed E-state index contributed by atoms with van der Waals surface area (Å²) in [6, 6.07) is 6.61. The van der Waals surface area contributed by atoms with Crippen LogP contribution < -0.4 is 11.1 Å². The highest BCUT2D eigenvalue weighted by Crippen LogP contribution is 2.43. The van der Waals surface area contributed by atoms with Crippen molar-refractivity contribution in [1.29, 1.82) is 0 Å². The quantitative estimate of drug-likeness (QED) is 0.483. The molecule has 0 aliphatic carbocycles. The third kappa shape index (κ3) is 3.28. The first-order valence-electron chi connectivity index (χ1n) is 8.15. The van der Waals surface area contributed by atoms with Gasteiger partial charge in [0, 0.05) is 11.3 Å². The van der Waals surface area contributed by atoms with E-state index in [2.05, 4.69) is 15.3 Å². The minimum Gasteiger partial charge on any atom is -0.508 e. The number of aromatic hydroxyl groups is 1. The summed E-state index contributed by atoms with van der Waals surface area (Å²) in [5.74, 6) is 0.0253. The molecule has 0 bridgehead atoms. The molecule has 0 radical (unpaired) electrons. The number of nitrogens with zero attached hydrogens (tertiary/aromatic N) is 1. The number of ether oxygens (including phenoxy) is 1. The van der Waals surface area contributed by atoms with Crippen LogP contribution in [-0.4, -0.2) is 27.1 Å². The average molecular weight is 372 g/mol. The molecule has 2 aromatic rings. The molecule has 136 valence electrons. The number of anilines is 2. The summed E-state index contributed by atoms with van der Waals surface area (Å²) in [6.07, 6.45) is -0.262. The number of rotatable bonds is 3. The molecule has 0 spiro atoms. The second-order valence-corrected chi connectivity index (χ2v) is 6.75. The van der Waals surface area contributed by atoms with Crippen molar-refractivity contribution in [2.45, 2.75) is 32.8 Å². The van der Waals surface area contributed by atoms with Crippen LogP contribution in [0.25, 0.3) is 0 Å². The smallest absolute Gasteiger partial charge is 0.337 e. The Balaban J connectivity index is 2.23. The van der Waals surface area contributed by atoms with Gasteiger partial charge in [-0.05, 0) is 50.7 Å². The number of nitrogen functional groups attached to an aromatic ring is 1. The van der Waals surface area contributed by atoms with Gasteiger partial charge in [0.15, 0.2) is 4.77 Å². The number of aromatic amines is 1. The summed E-state index contributed by atoms with van der Waals surface area (Å²) in [5, 5.41) is 12.7. The zero-order valence-electron chi connectivity index (χ0n) is 14.7. The van der Waals surface area contributed by atoms with Gasteiger partial charge in [-0.25, -0.2) is 9.78 Å². The van der Waals surface area contributed by atoms with E-state index in [1.54, 1.807) is 45.0 Å². The van der Waals surface area contributed by atoms with Crippen molar-refractivity contribution in [3.8, 4) is 5.75 Å². The molecule has 5 N–H and O–H groups in total. The molecule has 3 rings (SSSR count). The molecule has 8 heteroatoms. The van der Waals surface area contributed by atoms with Gasteiger partial charge in [0.2, 0.25) is 0 Å². The van der Waals surface area contributed by atoms with Gasteiger partial charge >= 0.3 is 5.97 Å². The summed E-state index contributed by atoms with van der Waals surface area (Å²) >= 11 is 5.11. The van der Waals surface area contributed by atoms with Gasteiger partial charge in [0.05, 0.1) is 17.6 Å². The van der Waals surface area contributed by atoms with Crippen molar-refractivity contribution < 1.29 is 14.6 Å². The summed E-state index contributed by atoms with van der Waals surface area (Å²) < 4.78 is 5.69. The Morgan fingerprint density at radius 3 is 2.62 bits per heavy atom. The molecule has 0 saturated carbocycles. The number of phenols is 1. The molecule has 1 atom stereocenters. The number of benzene rings is 1. The van der Waals surface area contributed by atoms with E-state index >= 15 is 0 Å². The summed E-state index contributed by atoms with van der Waals surface area (Å²) in [4.78, 5) is 19.9. The molecule has 26 heavy (non-hydrogen) atoms. The first kappa shape index (κ1) is 17.9. The van der Waals surface area contributed by atoms with Gasteiger partial charge in [0.1, 0.15) is 17.4 Å². The Morgan fingerprint density at radius 2 is 2.00 bits per heavy atom. The standard InChI is InChI=1S/C18H20N4O3S/c1-8(2)25-17(24)12-9(3)20-16-14(15(19)21-18(26)22-16)13(12)10-4-6-11(23)7-5-10/h4-8,13,23H,1-3H3,(H4,19,20,21,22,26). The van der Waals surface area contributed by atoms with E-state index in [4.69, 9.17) is 22.7 Å². The van der Waals surface area contributed by atoms with E-state index in [9.17, 15) is 9.90 Å². The minimum atomic E-state index is -0.502. The molecule has 0 saturated heterocycles. The molecule has 0 fully saturated rings.